The first-order chi connectivity index (χ1) is 12.6. The van der Waals surface area contributed by atoms with Gasteiger partial charge in [0.2, 0.25) is 0 Å². The average Bonchev–Trinajstić information content (AvgIpc) is 2.49. The Balaban J connectivity index is 3.46. The molecule has 0 aliphatic rings. The Morgan fingerprint density at radius 3 is 1.71 bits per heavy atom. The van der Waals surface area contributed by atoms with E-state index in [4.69, 9.17) is 4.74 Å². The lowest BCUT2D eigenvalue weighted by molar-refractivity contribution is -0.0803. The third-order valence-electron chi connectivity index (χ3n) is 4.46. The van der Waals surface area contributed by atoms with Crippen LogP contribution in [0.15, 0.2) is 42.0 Å². The lowest BCUT2D eigenvalue weighted by Crippen LogP contribution is -2.19. The van der Waals surface area contributed by atoms with Crippen LogP contribution in [0.4, 0.5) is 13.2 Å². The third-order valence-corrected chi connectivity index (χ3v) is 4.46. The molecule has 0 aliphatic carbocycles. The lowest BCUT2D eigenvalue weighted by Gasteiger charge is -2.30. The molecule has 0 unspecified atom stereocenters. The van der Waals surface area contributed by atoms with Crippen molar-refractivity contribution in [3.8, 4) is 5.75 Å². The highest BCUT2D eigenvalue weighted by atomic mass is 19.4. The van der Waals surface area contributed by atoms with E-state index in [-0.39, 0.29) is 16.4 Å². The minimum Gasteiger partial charge on any atom is -0.496 e. The van der Waals surface area contributed by atoms with Gasteiger partial charge in [-0.3, -0.25) is 0 Å². The van der Waals surface area contributed by atoms with Gasteiger partial charge in [0.05, 0.1) is 7.11 Å². The number of halogens is 3. The standard InChI is InChI=1S/C24H33F3O/c1-16(15-24(25,26)27)11-10-12-17(2)18-13-19(22(3,4)5)21(28-9)20(14-18)23(6,7)8/h10-15H,1-9H3/b11-10+,16-15+,17-12+. The van der Waals surface area contributed by atoms with Gasteiger partial charge in [0.1, 0.15) is 5.75 Å². The van der Waals surface area contributed by atoms with Crippen LogP contribution in [-0.2, 0) is 10.8 Å². The lowest BCUT2D eigenvalue weighted by atomic mass is 9.77. The summed E-state index contributed by atoms with van der Waals surface area (Å²) in [6.07, 6.45) is 0.969. The zero-order chi connectivity index (χ0) is 21.9. The number of ether oxygens (including phenoxy) is 1. The maximum absolute atomic E-state index is 12.4. The Bertz CT molecular complexity index is 745. The fourth-order valence-electron chi connectivity index (χ4n) is 2.94. The maximum atomic E-state index is 12.4. The second kappa shape index (κ2) is 8.59. The number of rotatable bonds is 4. The molecular formula is C24H33F3O. The summed E-state index contributed by atoms with van der Waals surface area (Å²) in [5, 5.41) is 0. The van der Waals surface area contributed by atoms with Gasteiger partial charge in [-0.25, -0.2) is 0 Å². The predicted molar refractivity (Wildman–Crippen MR) is 113 cm³/mol. The van der Waals surface area contributed by atoms with Crippen LogP contribution < -0.4 is 4.74 Å². The average molecular weight is 395 g/mol. The van der Waals surface area contributed by atoms with Crippen LogP contribution in [0.2, 0.25) is 0 Å². The molecular weight excluding hydrogens is 361 g/mol. The Hall–Kier alpha value is -1.97. The Labute approximate surface area is 168 Å². The number of hydrogen-bond acceptors (Lipinski definition) is 1. The van der Waals surface area contributed by atoms with E-state index in [1.807, 2.05) is 13.0 Å². The molecule has 0 fully saturated rings. The van der Waals surface area contributed by atoms with Crippen LogP contribution in [0, 0.1) is 0 Å². The number of hydrogen-bond donors (Lipinski definition) is 0. The Morgan fingerprint density at radius 2 is 1.36 bits per heavy atom. The SMILES string of the molecule is COc1c(C(C)(C)C)cc(/C(C)=C/C=C/C(C)=C/C(F)(F)F)cc1C(C)(C)C. The first-order valence-electron chi connectivity index (χ1n) is 9.41. The summed E-state index contributed by atoms with van der Waals surface area (Å²) in [6, 6.07) is 4.23. The summed E-state index contributed by atoms with van der Waals surface area (Å²) in [7, 11) is 1.70. The number of methoxy groups -OCH3 is 1. The molecule has 0 radical (unpaired) electrons. The molecule has 1 aromatic rings. The fourth-order valence-corrected chi connectivity index (χ4v) is 2.94. The Morgan fingerprint density at radius 1 is 0.893 bits per heavy atom. The van der Waals surface area contributed by atoms with E-state index >= 15 is 0 Å². The topological polar surface area (TPSA) is 9.23 Å². The number of allylic oxidation sites excluding steroid dienone is 6. The highest BCUT2D eigenvalue weighted by Crippen LogP contribution is 2.41. The second-order valence-corrected chi connectivity index (χ2v) is 9.24. The van der Waals surface area contributed by atoms with Crippen molar-refractivity contribution in [3.63, 3.8) is 0 Å². The first kappa shape index (κ1) is 24.1. The van der Waals surface area contributed by atoms with E-state index in [1.54, 1.807) is 13.2 Å². The van der Waals surface area contributed by atoms with Gasteiger partial charge in [-0.15, -0.1) is 0 Å². The zero-order valence-corrected chi connectivity index (χ0v) is 18.5. The maximum Gasteiger partial charge on any atom is 0.410 e. The normalized spacial score (nSPS) is 14.7. The van der Waals surface area contributed by atoms with Crippen LogP contribution >= 0.6 is 0 Å². The van der Waals surface area contributed by atoms with Crippen LogP contribution in [0.1, 0.15) is 72.1 Å². The summed E-state index contributed by atoms with van der Waals surface area (Å²) in [6.45, 7) is 16.3. The van der Waals surface area contributed by atoms with Crippen molar-refractivity contribution < 1.29 is 17.9 Å². The quantitative estimate of drug-likeness (QED) is 0.474. The van der Waals surface area contributed by atoms with Gasteiger partial charge in [0.15, 0.2) is 0 Å². The first-order valence-corrected chi connectivity index (χ1v) is 9.41. The molecule has 4 heteroatoms. The summed E-state index contributed by atoms with van der Waals surface area (Å²) >= 11 is 0. The molecule has 0 bridgehead atoms. The molecule has 1 rings (SSSR count). The molecule has 0 N–H and O–H groups in total. The van der Waals surface area contributed by atoms with Crippen LogP contribution in [0.3, 0.4) is 0 Å². The minimum atomic E-state index is -4.30. The third kappa shape index (κ3) is 6.88. The monoisotopic (exact) mass is 394 g/mol. The molecule has 0 saturated carbocycles. The van der Waals surface area contributed by atoms with Crippen molar-refractivity contribution >= 4 is 5.57 Å². The predicted octanol–water partition coefficient (Wildman–Crippen LogP) is 7.76. The summed E-state index contributed by atoms with van der Waals surface area (Å²) in [5.41, 5.74) is 4.20. The van der Waals surface area contributed by atoms with Crippen molar-refractivity contribution in [2.45, 2.75) is 72.4 Å². The van der Waals surface area contributed by atoms with Crippen molar-refractivity contribution in [1.82, 2.24) is 0 Å². The molecule has 0 saturated heterocycles. The Kier molecular flexibility index (Phi) is 7.38. The molecule has 0 atom stereocenters. The second-order valence-electron chi connectivity index (χ2n) is 9.24. The highest BCUT2D eigenvalue weighted by Gasteiger charge is 2.27. The van der Waals surface area contributed by atoms with E-state index < -0.39 is 6.18 Å². The van der Waals surface area contributed by atoms with Crippen LogP contribution in [0.25, 0.3) is 5.57 Å². The molecule has 0 spiro atoms. The zero-order valence-electron chi connectivity index (χ0n) is 18.5. The molecule has 0 amide bonds. The van der Waals surface area contributed by atoms with Crippen LogP contribution in [-0.4, -0.2) is 13.3 Å². The van der Waals surface area contributed by atoms with Crippen molar-refractivity contribution in [3.05, 3.63) is 58.7 Å². The summed E-state index contributed by atoms with van der Waals surface area (Å²) < 4.78 is 43.0. The molecule has 1 aromatic carbocycles. The molecule has 0 heterocycles. The number of alkyl halides is 3. The van der Waals surface area contributed by atoms with Gasteiger partial charge < -0.3 is 4.74 Å². The molecule has 0 aliphatic heterocycles. The van der Waals surface area contributed by atoms with Gasteiger partial charge in [0.25, 0.3) is 0 Å². The van der Waals surface area contributed by atoms with E-state index in [2.05, 4.69) is 53.7 Å². The van der Waals surface area contributed by atoms with E-state index in [0.717, 1.165) is 28.0 Å². The van der Waals surface area contributed by atoms with Gasteiger partial charge in [-0.2, -0.15) is 13.2 Å². The van der Waals surface area contributed by atoms with Crippen molar-refractivity contribution in [2.24, 2.45) is 0 Å². The molecule has 1 nitrogen and oxygen atoms in total. The fraction of sp³-hybridized carbons (Fsp3) is 0.500. The summed E-state index contributed by atoms with van der Waals surface area (Å²) in [4.78, 5) is 0. The van der Waals surface area contributed by atoms with Gasteiger partial charge >= 0.3 is 6.18 Å². The largest absolute Gasteiger partial charge is 0.496 e. The van der Waals surface area contributed by atoms with Crippen molar-refractivity contribution in [2.75, 3.05) is 7.11 Å². The van der Waals surface area contributed by atoms with Gasteiger partial charge in [-0.1, -0.05) is 59.8 Å². The van der Waals surface area contributed by atoms with E-state index in [9.17, 15) is 13.2 Å². The van der Waals surface area contributed by atoms with E-state index in [1.165, 1.54) is 13.0 Å². The molecule has 0 aromatic heterocycles. The van der Waals surface area contributed by atoms with Crippen molar-refractivity contribution in [1.29, 1.82) is 0 Å². The minimum absolute atomic E-state index is 0.108. The number of benzene rings is 1. The molecule has 28 heavy (non-hydrogen) atoms. The van der Waals surface area contributed by atoms with Gasteiger partial charge in [0, 0.05) is 17.2 Å². The van der Waals surface area contributed by atoms with Gasteiger partial charge in [-0.05, 0) is 53.5 Å². The van der Waals surface area contributed by atoms with Crippen LogP contribution in [0.5, 0.6) is 5.75 Å². The highest BCUT2D eigenvalue weighted by molar-refractivity contribution is 5.69. The summed E-state index contributed by atoms with van der Waals surface area (Å²) in [5.74, 6) is 0.899. The molecule has 156 valence electrons. The van der Waals surface area contributed by atoms with E-state index in [0.29, 0.717) is 6.08 Å². The smallest absolute Gasteiger partial charge is 0.410 e.